The molecule has 2 aliphatic heterocycles. The number of amides is 1. The Morgan fingerprint density at radius 3 is 2.52 bits per heavy atom. The molecule has 0 bridgehead atoms. The molecule has 6 nitrogen and oxygen atoms in total. The molecule has 140 valence electrons. The van der Waals surface area contributed by atoms with Crippen LogP contribution in [0.5, 0.6) is 0 Å². The van der Waals surface area contributed by atoms with E-state index in [2.05, 4.69) is 5.32 Å². The minimum absolute atomic E-state index is 0. The highest BCUT2D eigenvalue weighted by Gasteiger charge is 2.32. The first-order valence-corrected chi connectivity index (χ1v) is 9.66. The summed E-state index contributed by atoms with van der Waals surface area (Å²) in [5.74, 6) is -1.15. The Kier molecular flexibility index (Phi) is 6.42. The largest absolute Gasteiger partial charge is 0.339 e. The molecule has 0 spiro atoms. The van der Waals surface area contributed by atoms with Crippen molar-refractivity contribution in [2.45, 2.75) is 30.7 Å². The summed E-state index contributed by atoms with van der Waals surface area (Å²) in [6, 6.07) is 3.39. The van der Waals surface area contributed by atoms with Crippen molar-refractivity contribution in [1.29, 1.82) is 0 Å². The summed E-state index contributed by atoms with van der Waals surface area (Å²) in [4.78, 5) is 13.8. The molecule has 1 aromatic carbocycles. The van der Waals surface area contributed by atoms with Crippen LogP contribution < -0.4 is 5.32 Å². The van der Waals surface area contributed by atoms with Crippen molar-refractivity contribution in [3.63, 3.8) is 0 Å². The molecule has 2 heterocycles. The van der Waals surface area contributed by atoms with Crippen LogP contribution in [-0.2, 0) is 10.0 Å². The van der Waals surface area contributed by atoms with Gasteiger partial charge in [0.25, 0.3) is 5.91 Å². The number of benzene rings is 1. The van der Waals surface area contributed by atoms with Crippen molar-refractivity contribution in [3.8, 4) is 0 Å². The number of halogens is 2. The van der Waals surface area contributed by atoms with Gasteiger partial charge < -0.3 is 10.2 Å². The maximum Gasteiger partial charge on any atom is 0.256 e. The van der Waals surface area contributed by atoms with E-state index in [4.69, 9.17) is 0 Å². The summed E-state index contributed by atoms with van der Waals surface area (Å²) >= 11 is 0. The topological polar surface area (TPSA) is 69.7 Å². The highest BCUT2D eigenvalue weighted by atomic mass is 35.5. The fourth-order valence-electron chi connectivity index (χ4n) is 3.24. The minimum Gasteiger partial charge on any atom is -0.339 e. The van der Waals surface area contributed by atoms with E-state index in [9.17, 15) is 17.6 Å². The second-order valence-corrected chi connectivity index (χ2v) is 8.20. The third-order valence-corrected chi connectivity index (χ3v) is 6.62. The average Bonchev–Trinajstić information content (AvgIpc) is 3.09. The number of hydrogen-bond donors (Lipinski definition) is 1. The standard InChI is InChI=1S/C16H22FN3O3S.ClH/c1-12-11-18-6-9-20(12)24(22,23)13-4-5-14(15(17)10-13)16(21)19-7-2-3-8-19;/h4-5,10,12,18H,2-3,6-9,11H2,1H3;1H. The number of nitrogens with one attached hydrogen (secondary N) is 1. The number of sulfonamides is 1. The lowest BCUT2D eigenvalue weighted by molar-refractivity contribution is 0.0788. The molecule has 0 radical (unpaired) electrons. The number of rotatable bonds is 3. The molecule has 2 fully saturated rings. The molecule has 1 amide bonds. The number of nitrogens with zero attached hydrogens (tertiary/aromatic N) is 2. The molecule has 3 rings (SSSR count). The second kappa shape index (κ2) is 7.99. The molecule has 2 saturated heterocycles. The molecule has 0 saturated carbocycles. The van der Waals surface area contributed by atoms with Crippen molar-refractivity contribution < 1.29 is 17.6 Å². The van der Waals surface area contributed by atoms with Crippen molar-refractivity contribution in [3.05, 3.63) is 29.6 Å². The summed E-state index contributed by atoms with van der Waals surface area (Å²) in [6.07, 6.45) is 1.83. The van der Waals surface area contributed by atoms with Crippen molar-refractivity contribution in [1.82, 2.24) is 14.5 Å². The molecule has 0 aromatic heterocycles. The van der Waals surface area contributed by atoms with E-state index in [1.54, 1.807) is 4.90 Å². The summed E-state index contributed by atoms with van der Waals surface area (Å²) in [5, 5.41) is 3.12. The highest BCUT2D eigenvalue weighted by Crippen LogP contribution is 2.23. The van der Waals surface area contributed by atoms with Crippen molar-refractivity contribution in [2.24, 2.45) is 0 Å². The quantitative estimate of drug-likeness (QED) is 0.847. The predicted octanol–water partition coefficient (Wildman–Crippen LogP) is 1.47. The fourth-order valence-corrected chi connectivity index (χ4v) is 4.88. The smallest absolute Gasteiger partial charge is 0.256 e. The molecular formula is C16H23ClFN3O3S. The number of piperazine rings is 1. The molecule has 1 aromatic rings. The zero-order valence-electron chi connectivity index (χ0n) is 14.1. The number of hydrogen-bond acceptors (Lipinski definition) is 4. The molecule has 0 aliphatic carbocycles. The van der Waals surface area contributed by atoms with Gasteiger partial charge in [0.05, 0.1) is 10.5 Å². The van der Waals surface area contributed by atoms with Crippen LogP contribution in [0.15, 0.2) is 23.1 Å². The first-order valence-electron chi connectivity index (χ1n) is 8.22. The van der Waals surface area contributed by atoms with Crippen LogP contribution in [0.2, 0.25) is 0 Å². The fraction of sp³-hybridized carbons (Fsp3) is 0.562. The molecule has 1 atom stereocenters. The normalized spacial score (nSPS) is 21.8. The molecular weight excluding hydrogens is 369 g/mol. The Balaban J connectivity index is 0.00000225. The van der Waals surface area contributed by atoms with Gasteiger partial charge in [-0.2, -0.15) is 4.31 Å². The SMILES string of the molecule is CC1CNCCN1S(=O)(=O)c1ccc(C(=O)N2CCCC2)c(F)c1.Cl. The van der Waals surface area contributed by atoms with Crippen LogP contribution in [-0.4, -0.2) is 62.3 Å². The highest BCUT2D eigenvalue weighted by molar-refractivity contribution is 7.89. The summed E-state index contributed by atoms with van der Waals surface area (Å²) in [7, 11) is -3.77. The Morgan fingerprint density at radius 2 is 1.92 bits per heavy atom. The van der Waals surface area contributed by atoms with Crippen molar-refractivity contribution in [2.75, 3.05) is 32.7 Å². The zero-order valence-corrected chi connectivity index (χ0v) is 15.7. The number of carbonyl (C=O) groups is 1. The van der Waals surface area contributed by atoms with E-state index in [0.717, 1.165) is 18.9 Å². The second-order valence-electron chi connectivity index (χ2n) is 6.31. The first-order chi connectivity index (χ1) is 11.4. The third-order valence-electron chi connectivity index (χ3n) is 4.61. The van der Waals surface area contributed by atoms with Crippen LogP contribution >= 0.6 is 12.4 Å². The van der Waals surface area contributed by atoms with Gasteiger partial charge in [0, 0.05) is 38.8 Å². The Morgan fingerprint density at radius 1 is 1.24 bits per heavy atom. The van der Waals surface area contributed by atoms with Crippen LogP contribution in [0.3, 0.4) is 0 Å². The van der Waals surface area contributed by atoms with Crippen LogP contribution in [0.1, 0.15) is 30.1 Å². The maximum absolute atomic E-state index is 14.4. The van der Waals surface area contributed by atoms with E-state index in [1.165, 1.54) is 16.4 Å². The lowest BCUT2D eigenvalue weighted by Crippen LogP contribution is -2.52. The first kappa shape index (κ1) is 20.1. The van der Waals surface area contributed by atoms with Crippen LogP contribution in [0, 0.1) is 5.82 Å². The van der Waals surface area contributed by atoms with E-state index in [1.807, 2.05) is 6.92 Å². The lowest BCUT2D eigenvalue weighted by atomic mass is 10.2. The van der Waals surface area contributed by atoms with E-state index < -0.39 is 15.8 Å². The van der Waals surface area contributed by atoms with Gasteiger partial charge in [0.2, 0.25) is 10.0 Å². The summed E-state index contributed by atoms with van der Waals surface area (Å²) in [5.41, 5.74) is -0.0655. The Hall–Kier alpha value is -1.22. The molecule has 9 heteroatoms. The van der Waals surface area contributed by atoms with Gasteiger partial charge in [0.1, 0.15) is 5.82 Å². The van der Waals surface area contributed by atoms with E-state index >= 15 is 0 Å². The average molecular weight is 392 g/mol. The predicted molar refractivity (Wildman–Crippen MR) is 95.0 cm³/mol. The van der Waals surface area contributed by atoms with E-state index in [0.29, 0.717) is 32.7 Å². The summed E-state index contributed by atoms with van der Waals surface area (Å²) < 4.78 is 41.2. The van der Waals surface area contributed by atoms with Crippen LogP contribution in [0.4, 0.5) is 4.39 Å². The molecule has 1 N–H and O–H groups in total. The Bertz CT molecular complexity index is 738. The Labute approximate surface area is 153 Å². The van der Waals surface area contributed by atoms with Crippen LogP contribution in [0.25, 0.3) is 0 Å². The van der Waals surface area contributed by atoms with Gasteiger partial charge in [-0.3, -0.25) is 4.79 Å². The number of likely N-dealkylation sites (tertiary alicyclic amines) is 1. The number of carbonyl (C=O) groups excluding carboxylic acids is 1. The molecule has 1 unspecified atom stereocenters. The lowest BCUT2D eigenvalue weighted by Gasteiger charge is -2.32. The molecule has 25 heavy (non-hydrogen) atoms. The maximum atomic E-state index is 14.4. The zero-order chi connectivity index (χ0) is 17.3. The monoisotopic (exact) mass is 391 g/mol. The van der Waals surface area contributed by atoms with Gasteiger partial charge >= 0.3 is 0 Å². The van der Waals surface area contributed by atoms with Gasteiger partial charge in [-0.1, -0.05) is 0 Å². The van der Waals surface area contributed by atoms with Crippen molar-refractivity contribution >= 4 is 28.3 Å². The third kappa shape index (κ3) is 3.97. The van der Waals surface area contributed by atoms with Gasteiger partial charge in [-0.25, -0.2) is 12.8 Å². The summed E-state index contributed by atoms with van der Waals surface area (Å²) in [6.45, 7) is 4.53. The molecule has 2 aliphatic rings. The minimum atomic E-state index is -3.77. The van der Waals surface area contributed by atoms with Gasteiger partial charge in [-0.15, -0.1) is 12.4 Å². The van der Waals surface area contributed by atoms with Gasteiger partial charge in [-0.05, 0) is 38.0 Å². The van der Waals surface area contributed by atoms with E-state index in [-0.39, 0.29) is 34.8 Å². The van der Waals surface area contributed by atoms with Gasteiger partial charge in [0.15, 0.2) is 0 Å².